The van der Waals surface area contributed by atoms with E-state index in [-0.39, 0.29) is 0 Å². The number of carboxylic acid groups (broad SMARTS) is 1. The number of carbonyl (C=O) groups is 1. The van der Waals surface area contributed by atoms with E-state index < -0.39 is 12.1 Å². The fraction of sp³-hybridized carbons (Fsp3) is 0.211. The zero-order chi connectivity index (χ0) is 19.4. The molecule has 0 spiro atoms. The first kappa shape index (κ1) is 18.2. The summed E-state index contributed by atoms with van der Waals surface area (Å²) >= 11 is 0. The summed E-state index contributed by atoms with van der Waals surface area (Å²) in [4.78, 5) is 19.6. The lowest BCUT2D eigenvalue weighted by Crippen LogP contribution is -2.22. The molecule has 1 heterocycles. The second kappa shape index (κ2) is 7.77. The van der Waals surface area contributed by atoms with Gasteiger partial charge < -0.3 is 24.1 Å². The quantitative estimate of drug-likeness (QED) is 0.676. The first-order valence-corrected chi connectivity index (χ1v) is 8.06. The van der Waals surface area contributed by atoms with E-state index in [0.717, 1.165) is 0 Å². The number of nitrogens with zero attached hydrogens (tertiary/aromatic N) is 2. The molecule has 2 aromatic carbocycles. The maximum absolute atomic E-state index is 10.8. The van der Waals surface area contributed by atoms with Crippen LogP contribution in [-0.2, 0) is 4.79 Å². The third-order valence-corrected chi connectivity index (χ3v) is 3.73. The molecule has 8 heteroatoms. The van der Waals surface area contributed by atoms with Gasteiger partial charge in [0.05, 0.1) is 31.4 Å². The van der Waals surface area contributed by atoms with Crippen LogP contribution in [0.5, 0.6) is 28.9 Å². The van der Waals surface area contributed by atoms with Crippen molar-refractivity contribution in [1.29, 1.82) is 0 Å². The molecule has 0 aliphatic carbocycles. The van der Waals surface area contributed by atoms with Crippen molar-refractivity contribution in [2.24, 2.45) is 0 Å². The summed E-state index contributed by atoms with van der Waals surface area (Å²) in [6.07, 6.45) is 0.570. The Hall–Kier alpha value is -3.55. The first-order chi connectivity index (χ1) is 13.0. The second-order valence-electron chi connectivity index (χ2n) is 5.58. The number of aromatic nitrogens is 2. The molecule has 0 bridgehead atoms. The van der Waals surface area contributed by atoms with Gasteiger partial charge in [0.1, 0.15) is 11.5 Å². The predicted molar refractivity (Wildman–Crippen MR) is 96.9 cm³/mol. The Bertz CT molecular complexity index is 958. The third-order valence-electron chi connectivity index (χ3n) is 3.73. The summed E-state index contributed by atoms with van der Waals surface area (Å²) in [6.45, 7) is 1.46. The van der Waals surface area contributed by atoms with E-state index in [0.29, 0.717) is 39.9 Å². The molecule has 0 unspecified atom stereocenters. The number of rotatable bonds is 7. The van der Waals surface area contributed by atoms with Crippen LogP contribution < -0.4 is 18.9 Å². The van der Waals surface area contributed by atoms with Gasteiger partial charge in [-0.05, 0) is 31.2 Å². The van der Waals surface area contributed by atoms with Gasteiger partial charge >= 0.3 is 5.97 Å². The Morgan fingerprint density at radius 1 is 1.00 bits per heavy atom. The van der Waals surface area contributed by atoms with Gasteiger partial charge in [-0.3, -0.25) is 0 Å². The molecule has 8 nitrogen and oxygen atoms in total. The second-order valence-corrected chi connectivity index (χ2v) is 5.58. The van der Waals surface area contributed by atoms with Crippen LogP contribution in [0.3, 0.4) is 0 Å². The van der Waals surface area contributed by atoms with Crippen LogP contribution in [0.25, 0.3) is 11.0 Å². The van der Waals surface area contributed by atoms with Crippen molar-refractivity contribution in [2.45, 2.75) is 13.0 Å². The van der Waals surface area contributed by atoms with Gasteiger partial charge in [0.25, 0.3) is 0 Å². The molecule has 3 rings (SSSR count). The van der Waals surface area contributed by atoms with Crippen LogP contribution in [-0.4, -0.2) is 41.4 Å². The molecule has 0 saturated carbocycles. The van der Waals surface area contributed by atoms with Crippen molar-refractivity contribution in [3.05, 3.63) is 42.6 Å². The Morgan fingerprint density at radius 2 is 1.59 bits per heavy atom. The molecule has 1 aromatic heterocycles. The van der Waals surface area contributed by atoms with Gasteiger partial charge in [0.2, 0.25) is 5.88 Å². The summed E-state index contributed by atoms with van der Waals surface area (Å²) in [7, 11) is 3.10. The molecule has 140 valence electrons. The average molecular weight is 370 g/mol. The van der Waals surface area contributed by atoms with Crippen molar-refractivity contribution >= 4 is 17.0 Å². The topological polar surface area (TPSA) is 100 Å². The number of benzene rings is 2. The summed E-state index contributed by atoms with van der Waals surface area (Å²) in [6, 6.07) is 10.0. The molecular weight excluding hydrogens is 352 g/mol. The highest BCUT2D eigenvalue weighted by molar-refractivity contribution is 5.79. The SMILES string of the molecule is COc1cc2ncc(Oc3ccc(O[C@H](C)C(=O)O)cc3)nc2cc1OC. The largest absolute Gasteiger partial charge is 0.493 e. The number of carboxylic acids is 1. The van der Waals surface area contributed by atoms with Crippen LogP contribution in [0, 0.1) is 0 Å². The van der Waals surface area contributed by atoms with Crippen molar-refractivity contribution in [2.75, 3.05) is 14.2 Å². The highest BCUT2D eigenvalue weighted by Gasteiger charge is 2.13. The maximum Gasteiger partial charge on any atom is 0.344 e. The zero-order valence-corrected chi connectivity index (χ0v) is 15.0. The van der Waals surface area contributed by atoms with E-state index in [2.05, 4.69) is 9.97 Å². The molecule has 0 amide bonds. The lowest BCUT2D eigenvalue weighted by molar-refractivity contribution is -0.144. The summed E-state index contributed by atoms with van der Waals surface area (Å²) in [5.74, 6) is 1.33. The van der Waals surface area contributed by atoms with Gasteiger partial charge in [0, 0.05) is 12.1 Å². The van der Waals surface area contributed by atoms with E-state index in [1.54, 1.807) is 50.6 Å². The minimum absolute atomic E-state index is 0.308. The van der Waals surface area contributed by atoms with E-state index in [9.17, 15) is 4.79 Å². The van der Waals surface area contributed by atoms with Gasteiger partial charge in [-0.15, -0.1) is 0 Å². The highest BCUT2D eigenvalue weighted by atomic mass is 16.5. The fourth-order valence-electron chi connectivity index (χ4n) is 2.33. The van der Waals surface area contributed by atoms with Gasteiger partial charge in [-0.1, -0.05) is 0 Å². The number of fused-ring (bicyclic) bond motifs is 1. The van der Waals surface area contributed by atoms with E-state index in [1.165, 1.54) is 13.1 Å². The normalized spacial score (nSPS) is 11.7. The van der Waals surface area contributed by atoms with Crippen molar-refractivity contribution in [1.82, 2.24) is 9.97 Å². The number of hydrogen-bond donors (Lipinski definition) is 1. The van der Waals surface area contributed by atoms with E-state index >= 15 is 0 Å². The monoisotopic (exact) mass is 370 g/mol. The van der Waals surface area contributed by atoms with E-state index in [4.69, 9.17) is 24.1 Å². The smallest absolute Gasteiger partial charge is 0.344 e. The maximum atomic E-state index is 10.8. The minimum atomic E-state index is -1.03. The van der Waals surface area contributed by atoms with Crippen molar-refractivity contribution in [3.63, 3.8) is 0 Å². The van der Waals surface area contributed by atoms with Crippen LogP contribution in [0.15, 0.2) is 42.6 Å². The summed E-state index contributed by atoms with van der Waals surface area (Å²) < 4.78 is 21.5. The molecular formula is C19H18N2O6. The minimum Gasteiger partial charge on any atom is -0.493 e. The molecule has 0 radical (unpaired) electrons. The Kier molecular flexibility index (Phi) is 5.25. The third kappa shape index (κ3) is 4.17. The number of hydrogen-bond acceptors (Lipinski definition) is 7. The predicted octanol–water partition coefficient (Wildman–Crippen LogP) is 3.29. The van der Waals surface area contributed by atoms with Crippen molar-refractivity contribution in [3.8, 4) is 28.9 Å². The zero-order valence-electron chi connectivity index (χ0n) is 15.0. The lowest BCUT2D eigenvalue weighted by atomic mass is 10.2. The lowest BCUT2D eigenvalue weighted by Gasteiger charge is -2.11. The van der Waals surface area contributed by atoms with Crippen LogP contribution >= 0.6 is 0 Å². The molecule has 27 heavy (non-hydrogen) atoms. The molecule has 1 N–H and O–H groups in total. The highest BCUT2D eigenvalue weighted by Crippen LogP contribution is 2.32. The first-order valence-electron chi connectivity index (χ1n) is 8.06. The molecule has 0 saturated heterocycles. The summed E-state index contributed by atoms with van der Waals surface area (Å²) in [5, 5.41) is 8.87. The Balaban J connectivity index is 1.79. The van der Waals surface area contributed by atoms with E-state index in [1.807, 2.05) is 0 Å². The number of ether oxygens (including phenoxy) is 4. The van der Waals surface area contributed by atoms with Crippen LogP contribution in [0.2, 0.25) is 0 Å². The standard InChI is InChI=1S/C19H18N2O6/c1-11(19(22)23)26-12-4-6-13(7-5-12)27-18-10-20-14-8-16(24-2)17(25-3)9-15(14)21-18/h4-11H,1-3H3,(H,22,23)/t11-/m1/s1. The molecule has 3 aromatic rings. The molecule has 0 fully saturated rings. The van der Waals surface area contributed by atoms with Gasteiger partial charge in [0.15, 0.2) is 17.6 Å². The average Bonchev–Trinajstić information content (AvgIpc) is 2.68. The number of methoxy groups -OCH3 is 2. The number of aliphatic carboxylic acids is 1. The van der Waals surface area contributed by atoms with Gasteiger partial charge in [-0.2, -0.15) is 0 Å². The van der Waals surface area contributed by atoms with Crippen molar-refractivity contribution < 1.29 is 28.8 Å². The fourth-order valence-corrected chi connectivity index (χ4v) is 2.33. The molecule has 0 aliphatic rings. The van der Waals surface area contributed by atoms with Crippen LogP contribution in [0.4, 0.5) is 0 Å². The van der Waals surface area contributed by atoms with Crippen LogP contribution in [0.1, 0.15) is 6.92 Å². The van der Waals surface area contributed by atoms with Gasteiger partial charge in [-0.25, -0.2) is 14.8 Å². The Morgan fingerprint density at radius 3 is 2.19 bits per heavy atom. The Labute approximate surface area is 155 Å². The molecule has 0 aliphatic heterocycles. The molecule has 1 atom stereocenters. The summed E-state index contributed by atoms with van der Waals surface area (Å²) in [5.41, 5.74) is 1.24.